The molecule has 1 aliphatic rings. The predicted molar refractivity (Wildman–Crippen MR) is 63.2 cm³/mol. The van der Waals surface area contributed by atoms with Gasteiger partial charge in [0.25, 0.3) is 0 Å². The number of aromatic nitrogens is 3. The Labute approximate surface area is 98.3 Å². The Kier molecular flexibility index (Phi) is 2.71. The van der Waals surface area contributed by atoms with E-state index >= 15 is 0 Å². The number of hydrogen-bond acceptors (Lipinski definition) is 4. The molecule has 1 N–H and O–H groups in total. The van der Waals surface area contributed by atoms with Crippen molar-refractivity contribution in [1.29, 1.82) is 0 Å². The molecule has 0 aromatic carbocycles. The molecule has 3 rings (SSSR count). The lowest BCUT2D eigenvalue weighted by molar-refractivity contribution is 0.367. The smallest absolute Gasteiger partial charge is 0.143 e. The van der Waals surface area contributed by atoms with E-state index in [0.717, 1.165) is 25.3 Å². The standard InChI is InChI=1S/C11H14N4S/c1-4-10(11-13-8-14-15(11)5-1)12-7-9-3-2-6-16-9/h2-3,6,8,10,12H,1,4-5,7H2. The summed E-state index contributed by atoms with van der Waals surface area (Å²) in [5.41, 5.74) is 0. The highest BCUT2D eigenvalue weighted by molar-refractivity contribution is 7.09. The van der Waals surface area contributed by atoms with Crippen molar-refractivity contribution in [3.63, 3.8) is 0 Å². The van der Waals surface area contributed by atoms with Gasteiger partial charge in [-0.05, 0) is 24.3 Å². The first-order chi connectivity index (χ1) is 7.93. The summed E-state index contributed by atoms with van der Waals surface area (Å²) in [5, 5.41) is 9.89. The molecule has 0 saturated carbocycles. The number of hydrogen-bond donors (Lipinski definition) is 1. The second-order valence-corrected chi connectivity index (χ2v) is 5.03. The van der Waals surface area contributed by atoms with E-state index in [-0.39, 0.29) is 0 Å². The van der Waals surface area contributed by atoms with Crippen LogP contribution in [0.3, 0.4) is 0 Å². The fourth-order valence-corrected chi connectivity index (χ4v) is 2.78. The summed E-state index contributed by atoms with van der Waals surface area (Å²) in [7, 11) is 0. The Morgan fingerprint density at radius 3 is 3.44 bits per heavy atom. The lowest BCUT2D eigenvalue weighted by atomic mass is 10.1. The van der Waals surface area contributed by atoms with Gasteiger partial charge >= 0.3 is 0 Å². The largest absolute Gasteiger partial charge is 0.302 e. The molecule has 0 spiro atoms. The molecule has 1 atom stereocenters. The van der Waals surface area contributed by atoms with Gasteiger partial charge in [0.1, 0.15) is 12.2 Å². The third-order valence-corrected chi connectivity index (χ3v) is 3.80. The molecule has 2 aromatic heterocycles. The number of aryl methyl sites for hydroxylation is 1. The van der Waals surface area contributed by atoms with E-state index in [0.29, 0.717) is 6.04 Å². The third kappa shape index (κ3) is 1.88. The number of nitrogens with one attached hydrogen (secondary N) is 1. The van der Waals surface area contributed by atoms with Gasteiger partial charge in [-0.1, -0.05) is 6.07 Å². The fraction of sp³-hybridized carbons (Fsp3) is 0.455. The summed E-state index contributed by atoms with van der Waals surface area (Å²) >= 11 is 1.79. The van der Waals surface area contributed by atoms with Crippen LogP contribution >= 0.6 is 11.3 Å². The summed E-state index contributed by atoms with van der Waals surface area (Å²) in [6.45, 7) is 1.93. The molecule has 1 unspecified atom stereocenters. The number of thiophene rings is 1. The Hall–Kier alpha value is -1.20. The monoisotopic (exact) mass is 234 g/mol. The maximum Gasteiger partial charge on any atom is 0.143 e. The summed E-state index contributed by atoms with van der Waals surface area (Å²) in [5.74, 6) is 1.09. The molecule has 0 aliphatic carbocycles. The summed E-state index contributed by atoms with van der Waals surface area (Å²) in [6.07, 6.45) is 3.99. The second kappa shape index (κ2) is 4.35. The minimum atomic E-state index is 0.360. The molecule has 3 heterocycles. The molecule has 0 radical (unpaired) electrons. The number of fused-ring (bicyclic) bond motifs is 1. The van der Waals surface area contributed by atoms with E-state index in [1.165, 1.54) is 11.3 Å². The van der Waals surface area contributed by atoms with Gasteiger partial charge in [0.2, 0.25) is 0 Å². The molecule has 84 valence electrons. The number of nitrogens with zero attached hydrogens (tertiary/aromatic N) is 3. The molecule has 5 heteroatoms. The van der Waals surface area contributed by atoms with Crippen LogP contribution in [0.2, 0.25) is 0 Å². The molecular formula is C11H14N4S. The average Bonchev–Trinajstić information content (AvgIpc) is 2.97. The van der Waals surface area contributed by atoms with Crippen molar-refractivity contribution in [1.82, 2.24) is 20.1 Å². The summed E-state index contributed by atoms with van der Waals surface area (Å²) < 4.78 is 2.01. The number of rotatable bonds is 3. The zero-order valence-electron chi connectivity index (χ0n) is 8.97. The summed E-state index contributed by atoms with van der Waals surface area (Å²) in [4.78, 5) is 5.70. The van der Waals surface area contributed by atoms with Gasteiger partial charge < -0.3 is 5.32 Å². The van der Waals surface area contributed by atoms with Gasteiger partial charge in [-0.3, -0.25) is 0 Å². The highest BCUT2D eigenvalue weighted by Gasteiger charge is 2.21. The van der Waals surface area contributed by atoms with Gasteiger partial charge in [-0.2, -0.15) is 5.10 Å². The molecule has 0 saturated heterocycles. The molecule has 4 nitrogen and oxygen atoms in total. The Morgan fingerprint density at radius 1 is 1.56 bits per heavy atom. The average molecular weight is 234 g/mol. The van der Waals surface area contributed by atoms with Crippen LogP contribution < -0.4 is 5.32 Å². The van der Waals surface area contributed by atoms with E-state index in [9.17, 15) is 0 Å². The van der Waals surface area contributed by atoms with Crippen molar-refractivity contribution in [2.45, 2.75) is 32.0 Å². The highest BCUT2D eigenvalue weighted by Crippen LogP contribution is 2.22. The van der Waals surface area contributed by atoms with Gasteiger partial charge in [-0.15, -0.1) is 11.3 Å². The van der Waals surface area contributed by atoms with Gasteiger partial charge in [-0.25, -0.2) is 9.67 Å². The van der Waals surface area contributed by atoms with Crippen LogP contribution in [0.4, 0.5) is 0 Å². The van der Waals surface area contributed by atoms with Crippen molar-refractivity contribution in [2.75, 3.05) is 0 Å². The van der Waals surface area contributed by atoms with Crippen LogP contribution in [0.1, 0.15) is 29.6 Å². The molecular weight excluding hydrogens is 220 g/mol. The first-order valence-electron chi connectivity index (χ1n) is 5.57. The molecule has 16 heavy (non-hydrogen) atoms. The quantitative estimate of drug-likeness (QED) is 0.883. The first-order valence-corrected chi connectivity index (χ1v) is 6.45. The Morgan fingerprint density at radius 2 is 2.56 bits per heavy atom. The lowest BCUT2D eigenvalue weighted by Crippen LogP contribution is -2.28. The third-order valence-electron chi connectivity index (χ3n) is 2.92. The van der Waals surface area contributed by atoms with Crippen molar-refractivity contribution >= 4 is 11.3 Å². The molecule has 0 amide bonds. The van der Waals surface area contributed by atoms with E-state index in [1.807, 2.05) is 4.68 Å². The van der Waals surface area contributed by atoms with Crippen LogP contribution in [0.25, 0.3) is 0 Å². The van der Waals surface area contributed by atoms with Gasteiger partial charge in [0.15, 0.2) is 0 Å². The van der Waals surface area contributed by atoms with Gasteiger partial charge in [0.05, 0.1) is 6.04 Å². The van der Waals surface area contributed by atoms with Crippen LogP contribution in [0.5, 0.6) is 0 Å². The normalized spacial score (nSPS) is 19.6. The topological polar surface area (TPSA) is 42.7 Å². The minimum Gasteiger partial charge on any atom is -0.302 e. The zero-order valence-corrected chi connectivity index (χ0v) is 9.78. The lowest BCUT2D eigenvalue weighted by Gasteiger charge is -2.22. The maximum absolute atomic E-state index is 4.33. The van der Waals surface area contributed by atoms with Crippen molar-refractivity contribution in [3.8, 4) is 0 Å². The van der Waals surface area contributed by atoms with E-state index in [2.05, 4.69) is 32.9 Å². The first kappa shape index (κ1) is 9.99. The van der Waals surface area contributed by atoms with Crippen molar-refractivity contribution in [3.05, 3.63) is 34.5 Å². The predicted octanol–water partition coefficient (Wildman–Crippen LogP) is 1.96. The van der Waals surface area contributed by atoms with Gasteiger partial charge in [0, 0.05) is 18.0 Å². The van der Waals surface area contributed by atoms with Crippen molar-refractivity contribution < 1.29 is 0 Å². The Bertz CT molecular complexity index is 448. The minimum absolute atomic E-state index is 0.360. The fourth-order valence-electron chi connectivity index (χ4n) is 2.12. The van der Waals surface area contributed by atoms with Crippen LogP contribution in [0.15, 0.2) is 23.8 Å². The van der Waals surface area contributed by atoms with Crippen molar-refractivity contribution in [2.24, 2.45) is 0 Å². The maximum atomic E-state index is 4.33. The molecule has 0 bridgehead atoms. The molecule has 2 aromatic rings. The van der Waals surface area contributed by atoms with E-state index in [4.69, 9.17) is 0 Å². The zero-order chi connectivity index (χ0) is 10.8. The van der Waals surface area contributed by atoms with Crippen LogP contribution in [-0.2, 0) is 13.1 Å². The SMILES string of the molecule is c1csc(CNC2CCCn3ncnc32)c1. The Balaban J connectivity index is 1.69. The summed E-state index contributed by atoms with van der Waals surface area (Å²) in [6, 6.07) is 4.61. The van der Waals surface area contributed by atoms with Crippen LogP contribution in [0, 0.1) is 0 Å². The molecule has 0 fully saturated rings. The van der Waals surface area contributed by atoms with Crippen LogP contribution in [-0.4, -0.2) is 14.8 Å². The molecule has 1 aliphatic heterocycles. The second-order valence-electron chi connectivity index (χ2n) is 4.00. The van der Waals surface area contributed by atoms with E-state index < -0.39 is 0 Å². The highest BCUT2D eigenvalue weighted by atomic mass is 32.1. The van der Waals surface area contributed by atoms with E-state index in [1.54, 1.807) is 17.7 Å².